The number of rotatable bonds is 8. The Bertz CT molecular complexity index is 1690. The molecule has 0 atom stereocenters. The highest BCUT2D eigenvalue weighted by Gasteiger charge is 2.22. The van der Waals surface area contributed by atoms with Gasteiger partial charge in [0.2, 0.25) is 5.91 Å². The molecule has 200 valence electrons. The van der Waals surface area contributed by atoms with E-state index < -0.39 is 0 Å². The number of carbonyl (C=O) groups excluding carboxylic acids is 1. The quantitative estimate of drug-likeness (QED) is 0.295. The minimum absolute atomic E-state index is 0.166. The van der Waals surface area contributed by atoms with E-state index in [0.717, 1.165) is 74.6 Å². The summed E-state index contributed by atoms with van der Waals surface area (Å²) in [6.07, 6.45) is 9.09. The van der Waals surface area contributed by atoms with Crippen molar-refractivity contribution in [3.8, 4) is 33.5 Å². The number of anilines is 1. The first-order valence-electron chi connectivity index (χ1n) is 12.9. The van der Waals surface area contributed by atoms with Crippen molar-refractivity contribution in [1.82, 2.24) is 34.4 Å². The van der Waals surface area contributed by atoms with Gasteiger partial charge in [-0.3, -0.25) is 14.2 Å². The van der Waals surface area contributed by atoms with E-state index >= 15 is 0 Å². The highest BCUT2D eigenvalue weighted by molar-refractivity contribution is 6.07. The Morgan fingerprint density at radius 1 is 1.08 bits per heavy atom. The SMILES string of the molecule is C=CC(=O)N(C)c1cccc(-c2c(-c3cnn(CCN(C)C)c3)[nH]c3ncc(-c4cnn(C)c4C)c(C)c23)c1. The summed E-state index contributed by atoms with van der Waals surface area (Å²) >= 11 is 0. The van der Waals surface area contributed by atoms with Gasteiger partial charge in [0, 0.05) is 72.1 Å². The molecule has 0 aliphatic rings. The monoisotopic (exact) mass is 522 g/mol. The fourth-order valence-electron chi connectivity index (χ4n) is 4.90. The molecule has 0 fully saturated rings. The van der Waals surface area contributed by atoms with Gasteiger partial charge in [-0.15, -0.1) is 0 Å². The van der Waals surface area contributed by atoms with Crippen LogP contribution in [0, 0.1) is 13.8 Å². The third kappa shape index (κ3) is 4.77. The van der Waals surface area contributed by atoms with Crippen LogP contribution in [0.3, 0.4) is 0 Å². The summed E-state index contributed by atoms with van der Waals surface area (Å²) in [4.78, 5) is 24.6. The van der Waals surface area contributed by atoms with Crippen LogP contribution in [0.4, 0.5) is 5.69 Å². The molecule has 0 radical (unpaired) electrons. The molecule has 0 saturated carbocycles. The van der Waals surface area contributed by atoms with Crippen LogP contribution in [0.2, 0.25) is 0 Å². The Kier molecular flexibility index (Phi) is 6.93. The van der Waals surface area contributed by atoms with Crippen LogP contribution in [-0.2, 0) is 18.4 Å². The maximum atomic E-state index is 12.4. The Balaban J connectivity index is 1.74. The smallest absolute Gasteiger partial charge is 0.250 e. The number of pyridine rings is 1. The van der Waals surface area contributed by atoms with Crippen molar-refractivity contribution >= 4 is 22.6 Å². The van der Waals surface area contributed by atoms with Crippen LogP contribution in [0.15, 0.2) is 61.7 Å². The van der Waals surface area contributed by atoms with Crippen LogP contribution in [0.1, 0.15) is 11.3 Å². The number of amides is 1. The molecule has 0 bridgehead atoms. The molecule has 39 heavy (non-hydrogen) atoms. The molecule has 4 aromatic heterocycles. The zero-order valence-corrected chi connectivity index (χ0v) is 23.4. The average Bonchev–Trinajstić information content (AvgIpc) is 3.65. The van der Waals surface area contributed by atoms with Gasteiger partial charge >= 0.3 is 0 Å². The maximum absolute atomic E-state index is 12.4. The summed E-state index contributed by atoms with van der Waals surface area (Å²) in [7, 11) is 7.80. The van der Waals surface area contributed by atoms with Gasteiger partial charge in [0.25, 0.3) is 0 Å². The first kappa shape index (κ1) is 26.1. The number of aryl methyl sites for hydroxylation is 2. The van der Waals surface area contributed by atoms with Crippen LogP contribution < -0.4 is 4.90 Å². The lowest BCUT2D eigenvalue weighted by molar-refractivity contribution is -0.113. The number of aromatic amines is 1. The van der Waals surface area contributed by atoms with Crippen molar-refractivity contribution in [2.45, 2.75) is 20.4 Å². The average molecular weight is 523 g/mol. The molecule has 0 aliphatic heterocycles. The molecule has 4 heterocycles. The molecular formula is C30H34N8O. The first-order valence-corrected chi connectivity index (χ1v) is 12.9. The zero-order chi connectivity index (χ0) is 27.8. The first-order chi connectivity index (χ1) is 18.7. The lowest BCUT2D eigenvalue weighted by Gasteiger charge is -2.17. The molecule has 1 amide bonds. The largest absolute Gasteiger partial charge is 0.339 e. The summed E-state index contributed by atoms with van der Waals surface area (Å²) in [6, 6.07) is 8.00. The van der Waals surface area contributed by atoms with Gasteiger partial charge in [0.15, 0.2) is 0 Å². The number of fused-ring (bicyclic) bond motifs is 1. The molecule has 0 aliphatic carbocycles. The highest BCUT2D eigenvalue weighted by Crippen LogP contribution is 2.42. The minimum Gasteiger partial charge on any atom is -0.339 e. The summed E-state index contributed by atoms with van der Waals surface area (Å²) < 4.78 is 3.84. The van der Waals surface area contributed by atoms with E-state index in [1.54, 1.807) is 11.9 Å². The highest BCUT2D eigenvalue weighted by atomic mass is 16.2. The molecule has 5 rings (SSSR count). The second-order valence-electron chi connectivity index (χ2n) is 10.1. The van der Waals surface area contributed by atoms with E-state index in [1.807, 2.05) is 53.2 Å². The van der Waals surface area contributed by atoms with E-state index in [2.05, 4.69) is 66.9 Å². The molecular weight excluding hydrogens is 488 g/mol. The number of carbonyl (C=O) groups is 1. The predicted molar refractivity (Wildman–Crippen MR) is 157 cm³/mol. The molecule has 5 aromatic rings. The van der Waals surface area contributed by atoms with Gasteiger partial charge in [0.05, 0.1) is 24.6 Å². The zero-order valence-electron chi connectivity index (χ0n) is 23.4. The number of nitrogens with zero attached hydrogens (tertiary/aromatic N) is 7. The van der Waals surface area contributed by atoms with Crippen LogP contribution in [0.5, 0.6) is 0 Å². The Morgan fingerprint density at radius 2 is 1.87 bits per heavy atom. The molecule has 9 heteroatoms. The van der Waals surface area contributed by atoms with Gasteiger partial charge < -0.3 is 14.8 Å². The van der Waals surface area contributed by atoms with Crippen molar-refractivity contribution in [2.24, 2.45) is 7.05 Å². The standard InChI is InChI=1S/C30H34N8O/c1-8-26(39)36(6)23-11-9-10-21(14-23)28-27-19(2)24(25-17-32-37(7)20(25)3)16-31-30(27)34-29(28)22-15-33-38(18-22)13-12-35(4)5/h8-11,14-18H,1,12-13H2,2-7H3,(H,31,34). The number of likely N-dealkylation sites (N-methyl/N-ethyl adjacent to an activating group) is 2. The van der Waals surface area contributed by atoms with E-state index in [1.165, 1.54) is 6.08 Å². The maximum Gasteiger partial charge on any atom is 0.250 e. The molecule has 0 spiro atoms. The number of H-pyrrole nitrogens is 1. The van der Waals surface area contributed by atoms with Crippen molar-refractivity contribution in [3.63, 3.8) is 0 Å². The number of benzene rings is 1. The number of aromatic nitrogens is 6. The topological polar surface area (TPSA) is 87.9 Å². The van der Waals surface area contributed by atoms with Crippen LogP contribution in [0.25, 0.3) is 44.5 Å². The van der Waals surface area contributed by atoms with Gasteiger partial charge in [-0.05, 0) is 57.3 Å². The van der Waals surface area contributed by atoms with Crippen molar-refractivity contribution < 1.29 is 4.79 Å². The number of hydrogen-bond donors (Lipinski definition) is 1. The predicted octanol–water partition coefficient (Wildman–Crippen LogP) is 4.82. The lowest BCUT2D eigenvalue weighted by Crippen LogP contribution is -2.23. The summed E-state index contributed by atoms with van der Waals surface area (Å²) in [5.74, 6) is -0.166. The molecule has 0 unspecified atom stereocenters. The van der Waals surface area contributed by atoms with Gasteiger partial charge in [-0.1, -0.05) is 18.7 Å². The van der Waals surface area contributed by atoms with Gasteiger partial charge in [-0.25, -0.2) is 4.98 Å². The fraction of sp³-hybridized carbons (Fsp3) is 0.267. The van der Waals surface area contributed by atoms with E-state index in [9.17, 15) is 4.79 Å². The second-order valence-corrected chi connectivity index (χ2v) is 10.1. The Morgan fingerprint density at radius 3 is 2.56 bits per heavy atom. The summed E-state index contributed by atoms with van der Waals surface area (Å²) in [5, 5.41) is 10.1. The Hall–Kier alpha value is -4.50. The molecule has 9 nitrogen and oxygen atoms in total. The summed E-state index contributed by atoms with van der Waals surface area (Å²) in [6.45, 7) is 9.51. The van der Waals surface area contributed by atoms with E-state index in [-0.39, 0.29) is 5.91 Å². The summed E-state index contributed by atoms with van der Waals surface area (Å²) in [5.41, 5.74) is 9.76. The minimum atomic E-state index is -0.166. The van der Waals surface area contributed by atoms with Crippen molar-refractivity contribution in [2.75, 3.05) is 32.6 Å². The van der Waals surface area contributed by atoms with Gasteiger partial charge in [-0.2, -0.15) is 10.2 Å². The second kappa shape index (κ2) is 10.3. The Labute approximate surface area is 228 Å². The number of nitrogens with one attached hydrogen (secondary N) is 1. The lowest BCUT2D eigenvalue weighted by atomic mass is 9.94. The van der Waals surface area contributed by atoms with Gasteiger partial charge in [0.1, 0.15) is 5.65 Å². The molecule has 1 aromatic carbocycles. The van der Waals surface area contributed by atoms with Crippen molar-refractivity contribution in [1.29, 1.82) is 0 Å². The third-order valence-electron chi connectivity index (χ3n) is 7.33. The normalized spacial score (nSPS) is 11.5. The van der Waals surface area contributed by atoms with Crippen LogP contribution >= 0.6 is 0 Å². The van der Waals surface area contributed by atoms with E-state index in [0.29, 0.717) is 0 Å². The van der Waals surface area contributed by atoms with Crippen LogP contribution in [-0.4, -0.2) is 68.0 Å². The fourth-order valence-corrected chi connectivity index (χ4v) is 4.90. The van der Waals surface area contributed by atoms with Crippen molar-refractivity contribution in [3.05, 3.63) is 73.0 Å². The molecule has 0 saturated heterocycles. The molecule has 1 N–H and O–H groups in total. The third-order valence-corrected chi connectivity index (χ3v) is 7.33. The number of hydrogen-bond acceptors (Lipinski definition) is 5. The van der Waals surface area contributed by atoms with E-state index in [4.69, 9.17) is 4.98 Å².